The lowest BCUT2D eigenvalue weighted by atomic mass is 9.67. The van der Waals surface area contributed by atoms with Crippen LogP contribution in [0.15, 0.2) is 54.7 Å². The number of aromatic nitrogens is 3. The molecule has 1 fully saturated rings. The third-order valence-electron chi connectivity index (χ3n) is 8.36. The predicted molar refractivity (Wildman–Crippen MR) is 129 cm³/mol. The molecule has 3 aliphatic rings. The zero-order valence-electron chi connectivity index (χ0n) is 18.8. The van der Waals surface area contributed by atoms with Gasteiger partial charge in [0.05, 0.1) is 16.7 Å². The molecular weight excluding hydrogens is 392 g/mol. The lowest BCUT2D eigenvalue weighted by molar-refractivity contribution is 0.268. The minimum atomic E-state index is 0.222. The number of fused-ring (bicyclic) bond motifs is 7. The van der Waals surface area contributed by atoms with Gasteiger partial charge >= 0.3 is 0 Å². The van der Waals surface area contributed by atoms with Crippen LogP contribution in [0.3, 0.4) is 0 Å². The van der Waals surface area contributed by atoms with Gasteiger partial charge in [-0.1, -0.05) is 43.5 Å². The van der Waals surface area contributed by atoms with Crippen LogP contribution in [0.5, 0.6) is 0 Å². The molecule has 1 spiro atoms. The summed E-state index contributed by atoms with van der Waals surface area (Å²) in [5.74, 6) is 2.31. The van der Waals surface area contributed by atoms with Gasteiger partial charge in [-0.15, -0.1) is 0 Å². The summed E-state index contributed by atoms with van der Waals surface area (Å²) < 4.78 is 2.37. The van der Waals surface area contributed by atoms with E-state index in [4.69, 9.17) is 9.97 Å². The first-order chi connectivity index (χ1) is 15.7. The molecule has 2 aromatic heterocycles. The van der Waals surface area contributed by atoms with E-state index in [0.29, 0.717) is 6.04 Å². The van der Waals surface area contributed by atoms with Crippen LogP contribution in [0.1, 0.15) is 61.5 Å². The topological polar surface area (TPSA) is 34.0 Å². The van der Waals surface area contributed by atoms with Gasteiger partial charge in [-0.05, 0) is 62.1 Å². The molecule has 2 aliphatic heterocycles. The Morgan fingerprint density at radius 2 is 1.81 bits per heavy atom. The van der Waals surface area contributed by atoms with Gasteiger partial charge in [-0.25, -0.2) is 9.97 Å². The normalized spacial score (nSPS) is 20.6. The maximum atomic E-state index is 4.94. The van der Waals surface area contributed by atoms with E-state index < -0.39 is 0 Å². The lowest BCUT2D eigenvalue weighted by Crippen LogP contribution is -2.42. The molecule has 32 heavy (non-hydrogen) atoms. The Bertz CT molecular complexity index is 1380. The Morgan fingerprint density at radius 3 is 2.69 bits per heavy atom. The number of anilines is 2. The fourth-order valence-corrected chi connectivity index (χ4v) is 6.81. The van der Waals surface area contributed by atoms with E-state index in [1.165, 1.54) is 71.5 Å². The number of aryl methyl sites for hydroxylation is 1. The number of para-hydroxylation sites is 2. The number of benzene rings is 2. The third-order valence-corrected chi connectivity index (χ3v) is 8.36. The van der Waals surface area contributed by atoms with Gasteiger partial charge in [0.1, 0.15) is 11.6 Å². The molecule has 160 valence electrons. The monoisotopic (exact) mass is 420 g/mol. The maximum absolute atomic E-state index is 4.94. The van der Waals surface area contributed by atoms with Crippen LogP contribution in [-0.4, -0.2) is 20.6 Å². The van der Waals surface area contributed by atoms with Crippen molar-refractivity contribution in [3.05, 3.63) is 77.2 Å². The van der Waals surface area contributed by atoms with Gasteiger partial charge in [0.15, 0.2) is 0 Å². The van der Waals surface area contributed by atoms with Crippen LogP contribution in [0.2, 0.25) is 0 Å². The standard InChI is InChI=1S/C28H28N4/c1-18-15-20-16-26-30-22-10-4-5-11-23(22)32(26)25(20)17-24(18)31-19(2)28(12-6-3-7-13-28)21-9-8-14-29-27(21)31/h4-5,8-11,14-15,17,19H,3,6-7,12-13,16H2,1-2H3. The summed E-state index contributed by atoms with van der Waals surface area (Å²) in [7, 11) is 0. The highest BCUT2D eigenvalue weighted by atomic mass is 15.3. The largest absolute Gasteiger partial charge is 0.322 e. The van der Waals surface area contributed by atoms with Crippen molar-refractivity contribution in [3.63, 3.8) is 0 Å². The van der Waals surface area contributed by atoms with E-state index >= 15 is 0 Å². The molecule has 1 aliphatic carbocycles. The van der Waals surface area contributed by atoms with E-state index in [2.05, 4.69) is 71.8 Å². The van der Waals surface area contributed by atoms with Crippen molar-refractivity contribution in [2.75, 3.05) is 4.90 Å². The van der Waals surface area contributed by atoms with E-state index in [0.717, 1.165) is 17.8 Å². The first-order valence-corrected chi connectivity index (χ1v) is 12.0. The molecule has 4 aromatic rings. The van der Waals surface area contributed by atoms with Gasteiger partial charge in [-0.3, -0.25) is 4.57 Å². The number of nitrogens with zero attached hydrogens (tertiary/aromatic N) is 4. The highest BCUT2D eigenvalue weighted by molar-refractivity contribution is 5.82. The van der Waals surface area contributed by atoms with Crippen LogP contribution >= 0.6 is 0 Å². The van der Waals surface area contributed by atoms with Crippen molar-refractivity contribution >= 4 is 22.5 Å². The Balaban J connectivity index is 1.43. The highest BCUT2D eigenvalue weighted by Crippen LogP contribution is 2.55. The second-order valence-corrected chi connectivity index (χ2v) is 9.93. The molecule has 4 heteroatoms. The Hall–Kier alpha value is -3.14. The molecule has 4 heterocycles. The van der Waals surface area contributed by atoms with Crippen molar-refractivity contribution in [2.24, 2.45) is 0 Å². The first-order valence-electron chi connectivity index (χ1n) is 12.0. The summed E-state index contributed by atoms with van der Waals surface area (Å²) in [6, 6.07) is 18.2. The third kappa shape index (κ3) is 2.27. The second-order valence-electron chi connectivity index (χ2n) is 9.93. The fraction of sp³-hybridized carbons (Fsp3) is 0.357. The van der Waals surface area contributed by atoms with Crippen molar-refractivity contribution < 1.29 is 0 Å². The number of pyridine rings is 1. The molecule has 0 N–H and O–H groups in total. The number of hydrogen-bond acceptors (Lipinski definition) is 3. The Morgan fingerprint density at radius 1 is 0.969 bits per heavy atom. The van der Waals surface area contributed by atoms with Crippen LogP contribution in [0.25, 0.3) is 16.7 Å². The molecule has 0 saturated heterocycles. The zero-order chi connectivity index (χ0) is 21.4. The van der Waals surface area contributed by atoms with E-state index in [-0.39, 0.29) is 5.41 Å². The Kier molecular flexibility index (Phi) is 3.71. The first kappa shape index (κ1) is 18.4. The highest BCUT2D eigenvalue weighted by Gasteiger charge is 2.50. The van der Waals surface area contributed by atoms with E-state index in [9.17, 15) is 0 Å². The SMILES string of the molecule is Cc1cc2c(cc1N1c3ncccc3C3(CCCCC3)C1C)-n1c(nc3ccccc31)C2. The molecule has 0 amide bonds. The van der Waals surface area contributed by atoms with Crippen molar-refractivity contribution in [2.45, 2.75) is 63.8 Å². The molecule has 0 radical (unpaired) electrons. The fourth-order valence-electron chi connectivity index (χ4n) is 6.81. The summed E-state index contributed by atoms with van der Waals surface area (Å²) in [5, 5.41) is 0. The smallest absolute Gasteiger partial charge is 0.137 e. The molecule has 4 nitrogen and oxygen atoms in total. The average Bonchev–Trinajstić information content (AvgIpc) is 3.42. The molecule has 1 atom stereocenters. The summed E-state index contributed by atoms with van der Waals surface area (Å²) in [6.45, 7) is 4.69. The molecule has 0 bridgehead atoms. The van der Waals surface area contributed by atoms with Gasteiger partial charge in [0.25, 0.3) is 0 Å². The Labute approximate surface area is 188 Å². The quantitative estimate of drug-likeness (QED) is 0.316. The minimum Gasteiger partial charge on any atom is -0.322 e. The summed E-state index contributed by atoms with van der Waals surface area (Å²) in [4.78, 5) is 12.4. The van der Waals surface area contributed by atoms with Gasteiger partial charge < -0.3 is 4.90 Å². The zero-order valence-corrected chi connectivity index (χ0v) is 18.8. The van der Waals surface area contributed by atoms with Crippen molar-refractivity contribution in [1.29, 1.82) is 0 Å². The van der Waals surface area contributed by atoms with Crippen LogP contribution in [0.4, 0.5) is 11.5 Å². The minimum absolute atomic E-state index is 0.222. The van der Waals surface area contributed by atoms with Crippen LogP contribution in [0, 0.1) is 6.92 Å². The van der Waals surface area contributed by atoms with Crippen LogP contribution in [-0.2, 0) is 11.8 Å². The summed E-state index contributed by atoms with van der Waals surface area (Å²) in [6.07, 6.45) is 9.40. The molecule has 2 aromatic carbocycles. The molecule has 7 rings (SSSR count). The van der Waals surface area contributed by atoms with Crippen molar-refractivity contribution in [3.8, 4) is 5.69 Å². The number of hydrogen-bond donors (Lipinski definition) is 0. The van der Waals surface area contributed by atoms with Gasteiger partial charge in [-0.2, -0.15) is 0 Å². The predicted octanol–water partition coefficient (Wildman–Crippen LogP) is 6.38. The van der Waals surface area contributed by atoms with E-state index in [1.807, 2.05) is 6.20 Å². The number of rotatable bonds is 1. The van der Waals surface area contributed by atoms with E-state index in [1.54, 1.807) is 0 Å². The average molecular weight is 421 g/mol. The number of imidazole rings is 1. The van der Waals surface area contributed by atoms with Crippen LogP contribution < -0.4 is 4.90 Å². The summed E-state index contributed by atoms with van der Waals surface area (Å²) in [5.41, 5.74) is 9.25. The van der Waals surface area contributed by atoms with Gasteiger partial charge in [0, 0.05) is 35.3 Å². The molecule has 1 unspecified atom stereocenters. The maximum Gasteiger partial charge on any atom is 0.137 e. The van der Waals surface area contributed by atoms with Gasteiger partial charge in [0.2, 0.25) is 0 Å². The van der Waals surface area contributed by atoms with Crippen molar-refractivity contribution in [1.82, 2.24) is 14.5 Å². The summed E-state index contributed by atoms with van der Waals surface area (Å²) >= 11 is 0. The lowest BCUT2D eigenvalue weighted by Gasteiger charge is -2.40. The second kappa shape index (κ2) is 6.44. The molecule has 1 saturated carbocycles. The molecular formula is C28H28N4.